The minimum Gasteiger partial charge on any atom is -0.495 e. The van der Waals surface area contributed by atoms with Gasteiger partial charge in [-0.25, -0.2) is 9.69 Å². The second-order valence-corrected chi connectivity index (χ2v) is 7.51. The van der Waals surface area contributed by atoms with Gasteiger partial charge >= 0.3 is 5.97 Å². The molecule has 0 spiro atoms. The first-order valence-corrected chi connectivity index (χ1v) is 9.75. The number of carboxylic acid groups (broad SMARTS) is 1. The van der Waals surface area contributed by atoms with Crippen molar-refractivity contribution < 1.29 is 29.0 Å². The molecule has 0 radical (unpaired) electrons. The third kappa shape index (κ3) is 4.87. The summed E-state index contributed by atoms with van der Waals surface area (Å²) in [6.45, 7) is 0. The fraction of sp³-hybridized carbons (Fsp3) is 0.143. The number of hydrogen-bond donors (Lipinski definition) is 2. The number of carbonyl (C=O) groups is 4. The number of amides is 3. The maximum absolute atomic E-state index is 12.9. The Kier molecular flexibility index (Phi) is 6.53. The largest absolute Gasteiger partial charge is 0.495 e. The molecule has 3 rings (SSSR count). The average Bonchev–Trinajstić information content (AvgIpc) is 2.99. The first kappa shape index (κ1) is 21.1. The van der Waals surface area contributed by atoms with Gasteiger partial charge in [0, 0.05) is 29.2 Å². The molecule has 3 amide bonds. The highest BCUT2D eigenvalue weighted by atomic mass is 32.2. The van der Waals surface area contributed by atoms with Crippen LogP contribution in [-0.4, -0.2) is 41.2 Å². The lowest BCUT2D eigenvalue weighted by molar-refractivity contribution is -0.131. The summed E-state index contributed by atoms with van der Waals surface area (Å²) >= 11 is 1.22. The summed E-state index contributed by atoms with van der Waals surface area (Å²) in [7, 11) is 1.47. The van der Waals surface area contributed by atoms with Crippen LogP contribution in [0.2, 0.25) is 0 Å². The summed E-state index contributed by atoms with van der Waals surface area (Å²) in [6, 6.07) is 13.6. The molecule has 2 aromatic carbocycles. The van der Waals surface area contributed by atoms with Crippen molar-refractivity contribution in [2.75, 3.05) is 17.3 Å². The molecule has 0 aliphatic carbocycles. The summed E-state index contributed by atoms with van der Waals surface area (Å²) in [5, 5.41) is 10.5. The molecule has 0 saturated carbocycles. The summed E-state index contributed by atoms with van der Waals surface area (Å²) in [4.78, 5) is 49.5. The van der Waals surface area contributed by atoms with Crippen LogP contribution in [0.25, 0.3) is 0 Å². The number of anilines is 2. The van der Waals surface area contributed by atoms with E-state index in [-0.39, 0.29) is 18.2 Å². The molecule has 30 heavy (non-hydrogen) atoms. The lowest BCUT2D eigenvalue weighted by atomic mass is 10.2. The SMILES string of the molecule is COc1ccccc1N1C(=O)CC(Sc2cccc(NC(=O)C=CC(=O)O)c2)C1=O. The standard InChI is InChI=1S/C21H18N2O6S/c1-29-16-8-3-2-7-15(16)23-19(25)12-17(21(23)28)30-14-6-4-5-13(11-14)22-18(24)9-10-20(26)27/h2-11,17H,12H2,1H3,(H,22,24)(H,26,27). The van der Waals surface area contributed by atoms with Gasteiger partial charge in [0.1, 0.15) is 5.75 Å². The number of imide groups is 1. The van der Waals surface area contributed by atoms with Crippen LogP contribution in [0.5, 0.6) is 5.75 Å². The normalized spacial score (nSPS) is 16.2. The highest BCUT2D eigenvalue weighted by molar-refractivity contribution is 8.00. The third-order valence-electron chi connectivity index (χ3n) is 4.19. The number of carboxylic acids is 1. The van der Waals surface area contributed by atoms with Crippen molar-refractivity contribution >= 4 is 46.8 Å². The van der Waals surface area contributed by atoms with Gasteiger partial charge < -0.3 is 15.2 Å². The van der Waals surface area contributed by atoms with Crippen molar-refractivity contribution in [1.82, 2.24) is 0 Å². The topological polar surface area (TPSA) is 113 Å². The molecule has 1 atom stereocenters. The van der Waals surface area contributed by atoms with Crippen LogP contribution < -0.4 is 15.0 Å². The first-order chi connectivity index (χ1) is 14.4. The number of ether oxygens (including phenoxy) is 1. The number of hydrogen-bond acceptors (Lipinski definition) is 6. The van der Waals surface area contributed by atoms with Crippen molar-refractivity contribution in [3.05, 3.63) is 60.7 Å². The van der Waals surface area contributed by atoms with Crippen molar-refractivity contribution in [3.63, 3.8) is 0 Å². The number of methoxy groups -OCH3 is 1. The Morgan fingerprint density at radius 2 is 1.93 bits per heavy atom. The number of para-hydroxylation sites is 2. The molecule has 9 heteroatoms. The quantitative estimate of drug-likeness (QED) is 0.517. The smallest absolute Gasteiger partial charge is 0.328 e. The van der Waals surface area contributed by atoms with Gasteiger partial charge in [-0.15, -0.1) is 11.8 Å². The lowest BCUT2D eigenvalue weighted by Crippen LogP contribution is -2.31. The zero-order valence-electron chi connectivity index (χ0n) is 15.9. The Morgan fingerprint density at radius 3 is 2.67 bits per heavy atom. The maximum atomic E-state index is 12.9. The number of benzene rings is 2. The van der Waals surface area contributed by atoms with Gasteiger partial charge in [0.15, 0.2) is 0 Å². The average molecular weight is 426 g/mol. The number of aliphatic carboxylic acids is 1. The molecule has 154 valence electrons. The van der Waals surface area contributed by atoms with Gasteiger partial charge in [0.2, 0.25) is 17.7 Å². The van der Waals surface area contributed by atoms with Gasteiger partial charge in [-0.3, -0.25) is 14.4 Å². The van der Waals surface area contributed by atoms with E-state index in [1.54, 1.807) is 48.5 Å². The minimum atomic E-state index is -1.22. The number of rotatable bonds is 7. The monoisotopic (exact) mass is 426 g/mol. The molecule has 0 bridgehead atoms. The van der Waals surface area contributed by atoms with Crippen molar-refractivity contribution in [3.8, 4) is 5.75 Å². The molecule has 1 aliphatic heterocycles. The Balaban J connectivity index is 1.73. The Hall–Kier alpha value is -3.59. The second-order valence-electron chi connectivity index (χ2n) is 6.24. The van der Waals surface area contributed by atoms with Crippen molar-refractivity contribution in [2.24, 2.45) is 0 Å². The van der Waals surface area contributed by atoms with E-state index in [0.29, 0.717) is 22.0 Å². The fourth-order valence-electron chi connectivity index (χ4n) is 2.91. The predicted molar refractivity (Wildman–Crippen MR) is 112 cm³/mol. The second kappa shape index (κ2) is 9.27. The van der Waals surface area contributed by atoms with E-state index in [1.165, 1.54) is 18.9 Å². The molecular formula is C21H18N2O6S. The van der Waals surface area contributed by atoms with E-state index in [4.69, 9.17) is 9.84 Å². The summed E-state index contributed by atoms with van der Waals surface area (Å²) < 4.78 is 5.26. The number of carbonyl (C=O) groups excluding carboxylic acids is 3. The van der Waals surface area contributed by atoms with E-state index in [1.807, 2.05) is 0 Å². The molecule has 8 nitrogen and oxygen atoms in total. The van der Waals surface area contributed by atoms with E-state index in [9.17, 15) is 19.2 Å². The number of thioether (sulfide) groups is 1. The van der Waals surface area contributed by atoms with Gasteiger partial charge in [0.05, 0.1) is 18.0 Å². The molecule has 2 N–H and O–H groups in total. The van der Waals surface area contributed by atoms with Gasteiger partial charge in [-0.2, -0.15) is 0 Å². The van der Waals surface area contributed by atoms with Crippen LogP contribution in [0.15, 0.2) is 65.6 Å². The first-order valence-electron chi connectivity index (χ1n) is 8.87. The predicted octanol–water partition coefficient (Wildman–Crippen LogP) is 2.70. The van der Waals surface area contributed by atoms with Crippen LogP contribution in [0.4, 0.5) is 11.4 Å². The van der Waals surface area contributed by atoms with E-state index in [2.05, 4.69) is 5.32 Å². The molecule has 0 aromatic heterocycles. The van der Waals surface area contributed by atoms with Gasteiger partial charge in [-0.1, -0.05) is 18.2 Å². The van der Waals surface area contributed by atoms with Crippen LogP contribution >= 0.6 is 11.8 Å². The van der Waals surface area contributed by atoms with E-state index < -0.39 is 17.1 Å². The fourth-order valence-corrected chi connectivity index (χ4v) is 4.02. The highest BCUT2D eigenvalue weighted by Crippen LogP contribution is 2.37. The van der Waals surface area contributed by atoms with Crippen molar-refractivity contribution in [1.29, 1.82) is 0 Å². The zero-order chi connectivity index (χ0) is 21.7. The Bertz CT molecular complexity index is 1040. The zero-order valence-corrected chi connectivity index (χ0v) is 16.7. The molecule has 1 heterocycles. The molecule has 1 saturated heterocycles. The highest BCUT2D eigenvalue weighted by Gasteiger charge is 2.41. The lowest BCUT2D eigenvalue weighted by Gasteiger charge is -2.17. The maximum Gasteiger partial charge on any atom is 0.328 e. The molecule has 1 fully saturated rings. The van der Waals surface area contributed by atoms with Crippen LogP contribution in [0, 0.1) is 0 Å². The van der Waals surface area contributed by atoms with E-state index >= 15 is 0 Å². The summed E-state index contributed by atoms with van der Waals surface area (Å²) in [6.07, 6.45) is 1.69. The minimum absolute atomic E-state index is 0.0412. The number of nitrogens with zero attached hydrogens (tertiary/aromatic N) is 1. The van der Waals surface area contributed by atoms with Crippen LogP contribution in [0.1, 0.15) is 6.42 Å². The molecule has 1 unspecified atom stereocenters. The molecule has 1 aliphatic rings. The van der Waals surface area contributed by atoms with Gasteiger partial charge in [0.25, 0.3) is 0 Å². The van der Waals surface area contributed by atoms with Crippen LogP contribution in [-0.2, 0) is 19.2 Å². The Labute approximate surface area is 176 Å². The van der Waals surface area contributed by atoms with Crippen LogP contribution in [0.3, 0.4) is 0 Å². The molecule has 2 aromatic rings. The summed E-state index contributed by atoms with van der Waals surface area (Å²) in [5.41, 5.74) is 0.850. The number of nitrogens with one attached hydrogen (secondary N) is 1. The van der Waals surface area contributed by atoms with E-state index in [0.717, 1.165) is 17.1 Å². The molecular weight excluding hydrogens is 408 g/mol. The van der Waals surface area contributed by atoms with Gasteiger partial charge in [-0.05, 0) is 30.3 Å². The van der Waals surface area contributed by atoms with Crippen molar-refractivity contribution in [2.45, 2.75) is 16.6 Å². The summed E-state index contributed by atoms with van der Waals surface area (Å²) in [5.74, 6) is -2.03. The third-order valence-corrected chi connectivity index (χ3v) is 5.37. The Morgan fingerprint density at radius 1 is 1.17 bits per heavy atom.